The SMILES string of the molecule is Cn1cccc1C(=O)N1CCCCC1CCOC(=O)CCc1ccc2ccccc2c1. The third-order valence-electron chi connectivity index (χ3n) is 6.20. The fourth-order valence-corrected chi connectivity index (χ4v) is 4.42. The van der Waals surface area contributed by atoms with Gasteiger partial charge in [-0.15, -0.1) is 0 Å². The minimum Gasteiger partial charge on any atom is -0.466 e. The Morgan fingerprint density at radius 2 is 1.87 bits per heavy atom. The average molecular weight is 419 g/mol. The summed E-state index contributed by atoms with van der Waals surface area (Å²) in [7, 11) is 1.89. The van der Waals surface area contributed by atoms with Crippen LogP contribution in [0.4, 0.5) is 0 Å². The summed E-state index contributed by atoms with van der Waals surface area (Å²) in [6.45, 7) is 1.13. The highest BCUT2D eigenvalue weighted by atomic mass is 16.5. The topological polar surface area (TPSA) is 51.5 Å². The molecule has 4 rings (SSSR count). The van der Waals surface area contributed by atoms with E-state index in [1.807, 2.05) is 47.0 Å². The van der Waals surface area contributed by atoms with Gasteiger partial charge in [0.1, 0.15) is 5.69 Å². The van der Waals surface area contributed by atoms with Gasteiger partial charge in [-0.3, -0.25) is 9.59 Å². The summed E-state index contributed by atoms with van der Waals surface area (Å²) in [6, 6.07) is 18.4. The number of ether oxygens (including phenoxy) is 1. The average Bonchev–Trinajstić information content (AvgIpc) is 3.23. The fourth-order valence-electron chi connectivity index (χ4n) is 4.42. The summed E-state index contributed by atoms with van der Waals surface area (Å²) in [4.78, 5) is 27.2. The van der Waals surface area contributed by atoms with Crippen LogP contribution in [0.15, 0.2) is 60.8 Å². The molecule has 0 saturated carbocycles. The van der Waals surface area contributed by atoms with Gasteiger partial charge in [0.2, 0.25) is 0 Å². The van der Waals surface area contributed by atoms with Gasteiger partial charge < -0.3 is 14.2 Å². The second kappa shape index (κ2) is 9.82. The van der Waals surface area contributed by atoms with Crippen molar-refractivity contribution >= 4 is 22.6 Å². The molecule has 5 heteroatoms. The standard InChI is InChI=1S/C26H30N2O3/c1-27-16-6-10-24(27)26(30)28-17-5-4-9-23(28)15-18-31-25(29)14-12-20-11-13-21-7-2-3-8-22(21)19-20/h2-3,6-8,10-11,13,16,19,23H,4-5,9,12,14-15,17-18H2,1H3. The molecule has 2 heterocycles. The van der Waals surface area contributed by atoms with E-state index in [0.29, 0.717) is 31.6 Å². The van der Waals surface area contributed by atoms with Crippen LogP contribution in [0.5, 0.6) is 0 Å². The van der Waals surface area contributed by atoms with E-state index in [9.17, 15) is 9.59 Å². The van der Waals surface area contributed by atoms with Crippen molar-refractivity contribution < 1.29 is 14.3 Å². The molecule has 31 heavy (non-hydrogen) atoms. The van der Waals surface area contributed by atoms with Gasteiger partial charge in [0, 0.05) is 38.7 Å². The Labute approximate surface area is 183 Å². The Morgan fingerprint density at radius 3 is 2.68 bits per heavy atom. The Bertz CT molecular complexity index is 1060. The molecular formula is C26H30N2O3. The van der Waals surface area contributed by atoms with Crippen molar-refractivity contribution in [2.24, 2.45) is 7.05 Å². The molecule has 0 bridgehead atoms. The predicted molar refractivity (Wildman–Crippen MR) is 122 cm³/mol. The third-order valence-corrected chi connectivity index (χ3v) is 6.20. The van der Waals surface area contributed by atoms with Crippen LogP contribution in [-0.2, 0) is 23.0 Å². The fraction of sp³-hybridized carbons (Fsp3) is 0.385. The lowest BCUT2D eigenvalue weighted by Gasteiger charge is -2.35. The lowest BCUT2D eigenvalue weighted by atomic mass is 9.99. The second-order valence-electron chi connectivity index (χ2n) is 8.34. The molecule has 1 fully saturated rings. The first kappa shape index (κ1) is 21.2. The Balaban J connectivity index is 1.25. The third kappa shape index (κ3) is 5.16. The number of amides is 1. The van der Waals surface area contributed by atoms with E-state index < -0.39 is 0 Å². The molecule has 1 amide bonds. The zero-order chi connectivity index (χ0) is 21.6. The Morgan fingerprint density at radius 1 is 1.03 bits per heavy atom. The number of aryl methyl sites for hydroxylation is 2. The van der Waals surface area contributed by atoms with Crippen molar-refractivity contribution in [2.45, 2.75) is 44.6 Å². The first-order valence-electron chi connectivity index (χ1n) is 11.2. The normalized spacial score (nSPS) is 16.4. The van der Waals surface area contributed by atoms with Crippen LogP contribution in [0.2, 0.25) is 0 Å². The maximum absolute atomic E-state index is 12.9. The van der Waals surface area contributed by atoms with Crippen molar-refractivity contribution in [1.29, 1.82) is 0 Å². The highest BCUT2D eigenvalue weighted by Crippen LogP contribution is 2.22. The molecule has 1 atom stereocenters. The van der Waals surface area contributed by atoms with Gasteiger partial charge in [-0.25, -0.2) is 0 Å². The van der Waals surface area contributed by atoms with Gasteiger partial charge in [0.25, 0.3) is 5.91 Å². The van der Waals surface area contributed by atoms with E-state index in [2.05, 4.69) is 30.3 Å². The molecule has 162 valence electrons. The molecule has 0 spiro atoms. The van der Waals surface area contributed by atoms with Crippen molar-refractivity contribution in [3.63, 3.8) is 0 Å². The van der Waals surface area contributed by atoms with E-state index in [0.717, 1.165) is 31.4 Å². The molecule has 5 nitrogen and oxygen atoms in total. The smallest absolute Gasteiger partial charge is 0.306 e. The first-order chi connectivity index (χ1) is 15.1. The largest absolute Gasteiger partial charge is 0.466 e. The van der Waals surface area contributed by atoms with Gasteiger partial charge in [-0.1, -0.05) is 42.5 Å². The van der Waals surface area contributed by atoms with Gasteiger partial charge in [0.05, 0.1) is 6.61 Å². The number of fused-ring (bicyclic) bond motifs is 1. The van der Waals surface area contributed by atoms with E-state index in [-0.39, 0.29) is 17.9 Å². The highest BCUT2D eigenvalue weighted by molar-refractivity contribution is 5.93. The van der Waals surface area contributed by atoms with Gasteiger partial charge in [-0.2, -0.15) is 0 Å². The summed E-state index contributed by atoms with van der Waals surface area (Å²) in [6.07, 6.45) is 6.72. The number of piperidine rings is 1. The summed E-state index contributed by atoms with van der Waals surface area (Å²) < 4.78 is 7.38. The zero-order valence-corrected chi connectivity index (χ0v) is 18.1. The monoisotopic (exact) mass is 418 g/mol. The van der Waals surface area contributed by atoms with Crippen molar-refractivity contribution in [1.82, 2.24) is 9.47 Å². The molecule has 3 aromatic rings. The molecule has 1 unspecified atom stereocenters. The molecular weight excluding hydrogens is 388 g/mol. The lowest BCUT2D eigenvalue weighted by molar-refractivity contribution is -0.144. The Hall–Kier alpha value is -3.08. The van der Waals surface area contributed by atoms with Gasteiger partial charge >= 0.3 is 5.97 Å². The van der Waals surface area contributed by atoms with E-state index in [1.54, 1.807) is 0 Å². The lowest BCUT2D eigenvalue weighted by Crippen LogP contribution is -2.44. The van der Waals surface area contributed by atoms with Crippen LogP contribution in [0.25, 0.3) is 10.8 Å². The number of carbonyl (C=O) groups excluding carboxylic acids is 2. The van der Waals surface area contributed by atoms with Crippen molar-refractivity contribution in [2.75, 3.05) is 13.2 Å². The van der Waals surface area contributed by atoms with Crippen LogP contribution in [0.1, 0.15) is 48.2 Å². The van der Waals surface area contributed by atoms with E-state index in [1.165, 1.54) is 10.8 Å². The van der Waals surface area contributed by atoms with Crippen LogP contribution in [-0.4, -0.2) is 40.5 Å². The summed E-state index contributed by atoms with van der Waals surface area (Å²) in [5.41, 5.74) is 1.85. The maximum Gasteiger partial charge on any atom is 0.306 e. The number of carbonyl (C=O) groups is 2. The number of aromatic nitrogens is 1. The van der Waals surface area contributed by atoms with Crippen molar-refractivity contribution in [3.05, 3.63) is 72.1 Å². The van der Waals surface area contributed by atoms with Gasteiger partial charge in [0.15, 0.2) is 0 Å². The first-order valence-corrected chi connectivity index (χ1v) is 11.2. The van der Waals surface area contributed by atoms with E-state index in [4.69, 9.17) is 4.74 Å². The number of rotatable bonds is 7. The number of likely N-dealkylation sites (tertiary alicyclic amines) is 1. The summed E-state index contributed by atoms with van der Waals surface area (Å²) in [5.74, 6) is -0.107. The molecule has 0 radical (unpaired) electrons. The number of benzene rings is 2. The van der Waals surface area contributed by atoms with Crippen LogP contribution in [0, 0.1) is 0 Å². The second-order valence-corrected chi connectivity index (χ2v) is 8.34. The molecule has 0 aliphatic carbocycles. The molecule has 0 N–H and O–H groups in total. The highest BCUT2D eigenvalue weighted by Gasteiger charge is 2.28. The zero-order valence-electron chi connectivity index (χ0n) is 18.1. The van der Waals surface area contributed by atoms with Crippen molar-refractivity contribution in [3.8, 4) is 0 Å². The minimum atomic E-state index is -0.177. The Kier molecular flexibility index (Phi) is 6.70. The van der Waals surface area contributed by atoms with Crippen LogP contribution in [0.3, 0.4) is 0 Å². The number of esters is 1. The minimum absolute atomic E-state index is 0.0693. The van der Waals surface area contributed by atoms with E-state index >= 15 is 0 Å². The van der Waals surface area contributed by atoms with Gasteiger partial charge in [-0.05, 0) is 54.2 Å². The quantitative estimate of drug-likeness (QED) is 0.521. The molecule has 1 saturated heterocycles. The summed E-state index contributed by atoms with van der Waals surface area (Å²) in [5, 5.41) is 2.39. The molecule has 1 aliphatic rings. The predicted octanol–water partition coefficient (Wildman–Crippen LogP) is 4.74. The number of nitrogens with zero attached hydrogens (tertiary/aromatic N) is 2. The number of hydrogen-bond donors (Lipinski definition) is 0. The molecule has 1 aromatic heterocycles. The molecule has 2 aromatic carbocycles. The maximum atomic E-state index is 12.9. The summed E-state index contributed by atoms with van der Waals surface area (Å²) >= 11 is 0. The number of hydrogen-bond acceptors (Lipinski definition) is 3. The van der Waals surface area contributed by atoms with Crippen LogP contribution < -0.4 is 0 Å². The van der Waals surface area contributed by atoms with Crippen LogP contribution >= 0.6 is 0 Å². The molecule has 1 aliphatic heterocycles.